The monoisotopic (exact) mass is 283 g/mol. The number of carbonyl (C=O) groups excluding carboxylic acids is 1. The minimum Gasteiger partial charge on any atom is -0.337 e. The van der Waals surface area contributed by atoms with Crippen molar-refractivity contribution in [3.05, 3.63) is 48.1 Å². The number of amides is 1. The molecule has 0 radical (unpaired) electrons. The third-order valence-electron chi connectivity index (χ3n) is 3.78. The lowest BCUT2D eigenvalue weighted by Gasteiger charge is -2.31. The smallest absolute Gasteiger partial charge is 0.274 e. The summed E-state index contributed by atoms with van der Waals surface area (Å²) in [4.78, 5) is 30.8. The van der Waals surface area contributed by atoms with Crippen LogP contribution in [0.5, 0.6) is 0 Å². The molecule has 2 aromatic rings. The van der Waals surface area contributed by atoms with Crippen molar-refractivity contribution in [2.24, 2.45) is 0 Å². The number of aryl methyl sites for hydroxylation is 1. The van der Waals surface area contributed by atoms with E-state index in [1.54, 1.807) is 18.6 Å². The molecule has 1 saturated heterocycles. The molecule has 108 valence electrons. The van der Waals surface area contributed by atoms with Crippen LogP contribution in [0.15, 0.2) is 30.9 Å². The minimum absolute atomic E-state index is 0.0413. The van der Waals surface area contributed by atoms with Gasteiger partial charge in [-0.1, -0.05) is 0 Å². The highest BCUT2D eigenvalue weighted by atomic mass is 16.2. The topological polar surface area (TPSA) is 71.9 Å². The first kappa shape index (κ1) is 13.6. The molecule has 6 nitrogen and oxygen atoms in total. The van der Waals surface area contributed by atoms with Crippen LogP contribution < -0.4 is 0 Å². The van der Waals surface area contributed by atoms with Crippen LogP contribution in [0.2, 0.25) is 0 Å². The fourth-order valence-corrected chi connectivity index (χ4v) is 2.65. The number of nitrogens with zero attached hydrogens (tertiary/aromatic N) is 5. The lowest BCUT2D eigenvalue weighted by Crippen LogP contribution is -2.38. The summed E-state index contributed by atoms with van der Waals surface area (Å²) in [6, 6.07) is 1.97. The molecule has 1 aliphatic heterocycles. The minimum atomic E-state index is -0.0413. The summed E-state index contributed by atoms with van der Waals surface area (Å²) in [5, 5.41) is 0. The zero-order valence-corrected chi connectivity index (χ0v) is 11.9. The molecular formula is C15H17N5O. The quantitative estimate of drug-likeness (QED) is 0.837. The maximum absolute atomic E-state index is 12.3. The molecule has 1 amide bonds. The van der Waals surface area contributed by atoms with Gasteiger partial charge in [0, 0.05) is 43.3 Å². The van der Waals surface area contributed by atoms with Gasteiger partial charge >= 0.3 is 0 Å². The molecule has 0 spiro atoms. The fraction of sp³-hybridized carbons (Fsp3) is 0.400. The second-order valence-corrected chi connectivity index (χ2v) is 5.19. The van der Waals surface area contributed by atoms with Crippen LogP contribution in [0.1, 0.15) is 40.8 Å². The van der Waals surface area contributed by atoms with Crippen LogP contribution in [-0.2, 0) is 0 Å². The molecule has 0 aliphatic carbocycles. The van der Waals surface area contributed by atoms with Crippen LogP contribution in [0, 0.1) is 6.92 Å². The van der Waals surface area contributed by atoms with E-state index in [1.165, 1.54) is 6.20 Å². The predicted octanol–water partition coefficient (Wildman–Crippen LogP) is 1.59. The van der Waals surface area contributed by atoms with Crippen LogP contribution in [0.3, 0.4) is 0 Å². The summed E-state index contributed by atoms with van der Waals surface area (Å²) >= 11 is 0. The Balaban J connectivity index is 1.64. The Bertz CT molecular complexity index is 623. The average molecular weight is 283 g/mol. The standard InChI is InChI=1S/C15H17N5O/c1-11-17-5-2-13(19-11)12-3-8-20(9-4-12)15(21)14-10-16-6-7-18-14/h2,5-7,10,12H,3-4,8-9H2,1H3. The Morgan fingerprint density at radius 3 is 2.67 bits per heavy atom. The molecule has 2 aromatic heterocycles. The second-order valence-electron chi connectivity index (χ2n) is 5.19. The summed E-state index contributed by atoms with van der Waals surface area (Å²) in [6.45, 7) is 3.35. The second kappa shape index (κ2) is 5.95. The zero-order valence-electron chi connectivity index (χ0n) is 11.9. The molecule has 21 heavy (non-hydrogen) atoms. The van der Waals surface area contributed by atoms with Gasteiger partial charge in [-0.05, 0) is 25.8 Å². The molecule has 0 unspecified atom stereocenters. The number of piperidine rings is 1. The number of aromatic nitrogens is 4. The molecule has 1 fully saturated rings. The van der Waals surface area contributed by atoms with Gasteiger partial charge < -0.3 is 4.90 Å². The fourth-order valence-electron chi connectivity index (χ4n) is 2.65. The number of hydrogen-bond donors (Lipinski definition) is 0. The zero-order chi connectivity index (χ0) is 14.7. The Kier molecular flexibility index (Phi) is 3.85. The van der Waals surface area contributed by atoms with E-state index in [-0.39, 0.29) is 5.91 Å². The first-order valence-electron chi connectivity index (χ1n) is 7.09. The van der Waals surface area contributed by atoms with E-state index in [4.69, 9.17) is 0 Å². The van der Waals surface area contributed by atoms with Gasteiger partial charge in [0.2, 0.25) is 0 Å². The largest absolute Gasteiger partial charge is 0.337 e. The first-order chi connectivity index (χ1) is 10.2. The molecule has 3 heterocycles. The predicted molar refractivity (Wildman–Crippen MR) is 76.7 cm³/mol. The summed E-state index contributed by atoms with van der Waals surface area (Å²) in [5.74, 6) is 1.16. The number of rotatable bonds is 2. The highest BCUT2D eigenvalue weighted by Crippen LogP contribution is 2.26. The molecular weight excluding hydrogens is 266 g/mol. The van der Waals surface area contributed by atoms with Gasteiger partial charge in [0.15, 0.2) is 0 Å². The van der Waals surface area contributed by atoms with E-state index in [0.717, 1.165) is 37.4 Å². The number of likely N-dealkylation sites (tertiary alicyclic amines) is 1. The molecule has 6 heteroatoms. The van der Waals surface area contributed by atoms with E-state index in [0.29, 0.717) is 11.6 Å². The van der Waals surface area contributed by atoms with Crippen molar-refractivity contribution < 1.29 is 4.79 Å². The van der Waals surface area contributed by atoms with Crippen LogP contribution in [0.25, 0.3) is 0 Å². The van der Waals surface area contributed by atoms with Gasteiger partial charge in [0.1, 0.15) is 11.5 Å². The highest BCUT2D eigenvalue weighted by molar-refractivity contribution is 5.92. The van der Waals surface area contributed by atoms with Gasteiger partial charge in [0.05, 0.1) is 6.20 Å². The van der Waals surface area contributed by atoms with Crippen molar-refractivity contribution in [1.82, 2.24) is 24.8 Å². The molecule has 1 aliphatic rings. The van der Waals surface area contributed by atoms with Gasteiger partial charge in [0.25, 0.3) is 5.91 Å². The molecule has 3 rings (SSSR count). The average Bonchev–Trinajstić information content (AvgIpc) is 2.55. The first-order valence-corrected chi connectivity index (χ1v) is 7.09. The van der Waals surface area contributed by atoms with Crippen molar-refractivity contribution in [3.63, 3.8) is 0 Å². The normalized spacial score (nSPS) is 16.0. The summed E-state index contributed by atoms with van der Waals surface area (Å²) in [6.07, 6.45) is 8.27. The third-order valence-corrected chi connectivity index (χ3v) is 3.78. The van der Waals surface area contributed by atoms with Crippen molar-refractivity contribution in [2.45, 2.75) is 25.7 Å². The highest BCUT2D eigenvalue weighted by Gasteiger charge is 2.25. The lowest BCUT2D eigenvalue weighted by atomic mass is 9.93. The van der Waals surface area contributed by atoms with Crippen LogP contribution in [-0.4, -0.2) is 43.8 Å². The van der Waals surface area contributed by atoms with Crippen molar-refractivity contribution in [3.8, 4) is 0 Å². The van der Waals surface area contributed by atoms with Crippen LogP contribution >= 0.6 is 0 Å². The summed E-state index contributed by atoms with van der Waals surface area (Å²) < 4.78 is 0. The van der Waals surface area contributed by atoms with E-state index in [1.807, 2.05) is 17.9 Å². The van der Waals surface area contributed by atoms with Gasteiger partial charge in [-0.15, -0.1) is 0 Å². The number of hydrogen-bond acceptors (Lipinski definition) is 5. The maximum atomic E-state index is 12.3. The summed E-state index contributed by atoms with van der Waals surface area (Å²) in [5.41, 5.74) is 1.49. The Morgan fingerprint density at radius 2 is 2.00 bits per heavy atom. The number of carbonyl (C=O) groups is 1. The molecule has 0 saturated carbocycles. The van der Waals surface area contributed by atoms with Crippen molar-refractivity contribution >= 4 is 5.91 Å². The molecule has 0 aromatic carbocycles. The third kappa shape index (κ3) is 3.04. The van der Waals surface area contributed by atoms with Crippen molar-refractivity contribution in [1.29, 1.82) is 0 Å². The van der Waals surface area contributed by atoms with Crippen molar-refractivity contribution in [2.75, 3.05) is 13.1 Å². The van der Waals surface area contributed by atoms with E-state index >= 15 is 0 Å². The Labute approximate surface area is 123 Å². The Morgan fingerprint density at radius 1 is 1.19 bits per heavy atom. The van der Waals surface area contributed by atoms with E-state index < -0.39 is 0 Å². The Hall–Kier alpha value is -2.37. The van der Waals surface area contributed by atoms with E-state index in [2.05, 4.69) is 19.9 Å². The SMILES string of the molecule is Cc1nccc(C2CCN(C(=O)c3cnccn3)CC2)n1. The molecule has 0 N–H and O–H groups in total. The van der Waals surface area contributed by atoms with Gasteiger partial charge in [-0.3, -0.25) is 9.78 Å². The summed E-state index contributed by atoms with van der Waals surface area (Å²) in [7, 11) is 0. The van der Waals surface area contributed by atoms with Gasteiger partial charge in [-0.2, -0.15) is 0 Å². The van der Waals surface area contributed by atoms with E-state index in [9.17, 15) is 4.79 Å². The lowest BCUT2D eigenvalue weighted by molar-refractivity contribution is 0.0705. The van der Waals surface area contributed by atoms with Gasteiger partial charge in [-0.25, -0.2) is 15.0 Å². The van der Waals surface area contributed by atoms with Crippen LogP contribution in [0.4, 0.5) is 0 Å². The molecule has 0 bridgehead atoms. The molecule has 0 atom stereocenters. The maximum Gasteiger partial charge on any atom is 0.274 e.